The van der Waals surface area contributed by atoms with Gasteiger partial charge < -0.3 is 11.1 Å². The maximum Gasteiger partial charge on any atom is 0.254 e. The monoisotopic (exact) mass is 256 g/mol. The van der Waals surface area contributed by atoms with Crippen molar-refractivity contribution in [3.05, 3.63) is 16.0 Å². The van der Waals surface area contributed by atoms with Gasteiger partial charge in [0.25, 0.3) is 5.91 Å². The highest BCUT2D eigenvalue weighted by molar-refractivity contribution is 7.98. The van der Waals surface area contributed by atoms with Crippen molar-refractivity contribution in [1.82, 2.24) is 5.32 Å². The van der Waals surface area contributed by atoms with Gasteiger partial charge in [-0.2, -0.15) is 11.8 Å². The van der Waals surface area contributed by atoms with Gasteiger partial charge in [0, 0.05) is 17.2 Å². The highest BCUT2D eigenvalue weighted by atomic mass is 32.2. The molecule has 1 aromatic rings. The van der Waals surface area contributed by atoms with Crippen molar-refractivity contribution in [2.45, 2.75) is 25.5 Å². The number of nitrogens with one attached hydrogen (secondary N) is 1. The zero-order valence-electron chi connectivity index (χ0n) is 9.34. The predicted molar refractivity (Wildman–Crippen MR) is 71.2 cm³/mol. The van der Waals surface area contributed by atoms with Crippen molar-refractivity contribution in [3.8, 4) is 0 Å². The van der Waals surface area contributed by atoms with Gasteiger partial charge in [-0.25, -0.2) is 0 Å². The van der Waals surface area contributed by atoms with E-state index in [1.165, 1.54) is 10.4 Å². The molecular weight excluding hydrogens is 240 g/mol. The van der Waals surface area contributed by atoms with Crippen molar-refractivity contribution in [2.75, 3.05) is 18.0 Å². The number of thiophene rings is 1. The minimum atomic E-state index is 0.00347. The predicted octanol–water partition coefficient (Wildman–Crippen LogP) is 2.26. The topological polar surface area (TPSA) is 55.1 Å². The van der Waals surface area contributed by atoms with Crippen molar-refractivity contribution < 1.29 is 4.79 Å². The largest absolute Gasteiger partial charge is 0.390 e. The van der Waals surface area contributed by atoms with Crippen molar-refractivity contribution in [3.63, 3.8) is 0 Å². The Morgan fingerprint density at radius 2 is 2.38 bits per heavy atom. The van der Waals surface area contributed by atoms with Crippen LogP contribution in [-0.2, 0) is 12.2 Å². The van der Waals surface area contributed by atoms with Crippen LogP contribution in [0.4, 0.5) is 5.00 Å². The highest BCUT2D eigenvalue weighted by Crippen LogP contribution is 2.37. The molecule has 1 aromatic heterocycles. The molecule has 1 aliphatic rings. The van der Waals surface area contributed by atoms with E-state index < -0.39 is 0 Å². The SMILES string of the molecule is CCCNC(=O)c1c(N)sc2c1CCSC2. The number of nitrogen functional groups attached to an aromatic ring is 1. The van der Waals surface area contributed by atoms with Gasteiger partial charge in [-0.05, 0) is 24.2 Å². The molecule has 0 spiro atoms. The number of rotatable bonds is 3. The van der Waals surface area contributed by atoms with Crippen LogP contribution in [0.25, 0.3) is 0 Å². The van der Waals surface area contributed by atoms with Gasteiger partial charge in [-0.3, -0.25) is 4.79 Å². The molecule has 0 saturated heterocycles. The Kier molecular flexibility index (Phi) is 3.76. The molecule has 2 rings (SSSR count). The number of hydrogen-bond donors (Lipinski definition) is 2. The molecule has 0 fully saturated rings. The Morgan fingerprint density at radius 1 is 1.56 bits per heavy atom. The lowest BCUT2D eigenvalue weighted by molar-refractivity contribution is 0.0954. The van der Waals surface area contributed by atoms with Gasteiger partial charge in [0.1, 0.15) is 0 Å². The first kappa shape index (κ1) is 11.8. The van der Waals surface area contributed by atoms with Crippen molar-refractivity contribution in [1.29, 1.82) is 0 Å². The molecule has 16 heavy (non-hydrogen) atoms. The van der Waals surface area contributed by atoms with Gasteiger partial charge in [0.15, 0.2) is 0 Å². The molecule has 0 atom stereocenters. The maximum atomic E-state index is 12.0. The molecular formula is C11H16N2OS2. The fourth-order valence-corrected chi connectivity index (χ4v) is 4.08. The number of nitrogens with two attached hydrogens (primary N) is 1. The van der Waals surface area contributed by atoms with E-state index in [1.54, 1.807) is 11.3 Å². The first-order valence-electron chi connectivity index (χ1n) is 5.50. The Hall–Kier alpha value is -0.680. The quantitative estimate of drug-likeness (QED) is 0.872. The molecule has 0 unspecified atom stereocenters. The summed E-state index contributed by atoms with van der Waals surface area (Å²) in [5.74, 6) is 2.10. The van der Waals surface area contributed by atoms with Gasteiger partial charge in [0.05, 0.1) is 10.6 Å². The van der Waals surface area contributed by atoms with Gasteiger partial charge in [-0.15, -0.1) is 11.3 Å². The number of thioether (sulfide) groups is 1. The summed E-state index contributed by atoms with van der Waals surface area (Å²) in [6.07, 6.45) is 1.93. The third kappa shape index (κ3) is 2.20. The number of anilines is 1. The highest BCUT2D eigenvalue weighted by Gasteiger charge is 2.23. The van der Waals surface area contributed by atoms with E-state index in [2.05, 4.69) is 5.32 Å². The second-order valence-electron chi connectivity index (χ2n) is 3.80. The maximum absolute atomic E-state index is 12.0. The number of carbonyl (C=O) groups excluding carboxylic acids is 1. The number of fused-ring (bicyclic) bond motifs is 1. The summed E-state index contributed by atoms with van der Waals surface area (Å²) in [5, 5.41) is 3.59. The summed E-state index contributed by atoms with van der Waals surface area (Å²) < 4.78 is 0. The molecule has 0 aromatic carbocycles. The molecule has 1 aliphatic heterocycles. The normalized spacial score (nSPS) is 14.6. The molecule has 0 saturated carbocycles. The van der Waals surface area contributed by atoms with E-state index in [1.807, 2.05) is 18.7 Å². The number of amides is 1. The van der Waals surface area contributed by atoms with Crippen LogP contribution in [0.15, 0.2) is 0 Å². The Labute approximate surface area is 104 Å². The van der Waals surface area contributed by atoms with E-state index in [0.717, 1.165) is 36.5 Å². The van der Waals surface area contributed by atoms with Gasteiger partial charge in [0.2, 0.25) is 0 Å². The van der Waals surface area contributed by atoms with E-state index in [4.69, 9.17) is 5.73 Å². The summed E-state index contributed by atoms with van der Waals surface area (Å²) >= 11 is 3.49. The zero-order valence-corrected chi connectivity index (χ0v) is 11.0. The third-order valence-electron chi connectivity index (χ3n) is 2.61. The molecule has 5 heteroatoms. The van der Waals surface area contributed by atoms with Crippen LogP contribution in [0.1, 0.15) is 34.1 Å². The minimum Gasteiger partial charge on any atom is -0.390 e. The van der Waals surface area contributed by atoms with Crippen molar-refractivity contribution in [2.24, 2.45) is 0 Å². The first-order valence-corrected chi connectivity index (χ1v) is 7.47. The summed E-state index contributed by atoms with van der Waals surface area (Å²) in [7, 11) is 0. The molecule has 0 bridgehead atoms. The molecule has 3 N–H and O–H groups in total. The second-order valence-corrected chi connectivity index (χ2v) is 6.04. The fourth-order valence-electron chi connectivity index (χ4n) is 1.83. The molecule has 3 nitrogen and oxygen atoms in total. The summed E-state index contributed by atoms with van der Waals surface area (Å²) in [6, 6.07) is 0. The number of carbonyl (C=O) groups is 1. The van der Waals surface area contributed by atoms with Crippen LogP contribution in [0.3, 0.4) is 0 Å². The summed E-state index contributed by atoms with van der Waals surface area (Å²) in [5.41, 5.74) is 7.88. The van der Waals surface area contributed by atoms with Crippen LogP contribution < -0.4 is 11.1 Å². The lowest BCUT2D eigenvalue weighted by Gasteiger charge is -2.12. The zero-order chi connectivity index (χ0) is 11.5. The summed E-state index contributed by atoms with van der Waals surface area (Å²) in [6.45, 7) is 2.76. The molecule has 0 aliphatic carbocycles. The van der Waals surface area contributed by atoms with Gasteiger partial charge in [-0.1, -0.05) is 6.92 Å². The van der Waals surface area contributed by atoms with Gasteiger partial charge >= 0.3 is 0 Å². The van der Waals surface area contributed by atoms with Crippen LogP contribution in [0.2, 0.25) is 0 Å². The molecule has 0 radical (unpaired) electrons. The van der Waals surface area contributed by atoms with Crippen LogP contribution in [-0.4, -0.2) is 18.2 Å². The standard InChI is InChI=1S/C11H16N2OS2/c1-2-4-13-11(14)9-7-3-5-15-6-8(7)16-10(9)12/h2-6,12H2,1H3,(H,13,14). The third-order valence-corrected chi connectivity index (χ3v) is 4.84. The smallest absolute Gasteiger partial charge is 0.254 e. The van der Waals surface area contributed by atoms with E-state index in [0.29, 0.717) is 5.00 Å². The first-order chi connectivity index (χ1) is 7.74. The van der Waals surface area contributed by atoms with Crippen LogP contribution in [0, 0.1) is 0 Å². The van der Waals surface area contributed by atoms with E-state index in [-0.39, 0.29) is 5.91 Å². The Bertz CT molecular complexity index is 401. The van der Waals surface area contributed by atoms with E-state index >= 15 is 0 Å². The molecule has 88 valence electrons. The lowest BCUT2D eigenvalue weighted by Crippen LogP contribution is -2.25. The molecule has 1 amide bonds. The average Bonchev–Trinajstić information content (AvgIpc) is 2.62. The van der Waals surface area contributed by atoms with Crippen molar-refractivity contribution >= 4 is 34.0 Å². The Balaban J connectivity index is 2.25. The van der Waals surface area contributed by atoms with Crippen LogP contribution >= 0.6 is 23.1 Å². The minimum absolute atomic E-state index is 0.00347. The second kappa shape index (κ2) is 5.10. The van der Waals surface area contributed by atoms with Crippen LogP contribution in [0.5, 0.6) is 0 Å². The Morgan fingerprint density at radius 3 is 3.12 bits per heavy atom. The van der Waals surface area contributed by atoms with E-state index in [9.17, 15) is 4.79 Å². The molecule has 2 heterocycles. The summed E-state index contributed by atoms with van der Waals surface area (Å²) in [4.78, 5) is 13.3. The fraction of sp³-hybridized carbons (Fsp3) is 0.545. The lowest BCUT2D eigenvalue weighted by atomic mass is 10.1. The average molecular weight is 256 g/mol. The number of hydrogen-bond acceptors (Lipinski definition) is 4.